The molecule has 0 amide bonds. The molecule has 0 aliphatic carbocycles. The molecule has 1 unspecified atom stereocenters. The number of hydrogen-bond donors (Lipinski definition) is 2. The summed E-state index contributed by atoms with van der Waals surface area (Å²) in [4.78, 5) is 12.0. The summed E-state index contributed by atoms with van der Waals surface area (Å²) < 4.78 is 0. The number of phenolic OH excluding ortho intramolecular Hbond substituents is 1. The molecule has 1 aromatic rings. The number of hydrogen-bond acceptors (Lipinski definition) is 2. The zero-order valence-corrected chi connectivity index (χ0v) is 22.3. The Morgan fingerprint density at radius 3 is 1.55 bits per heavy atom. The molecule has 0 spiro atoms. The smallest absolute Gasteiger partial charge is 0.306 e. The summed E-state index contributed by atoms with van der Waals surface area (Å²) >= 11 is 0. The Hall–Kier alpha value is -1.51. The molecular weight excluding hydrogens is 408 g/mol. The fourth-order valence-corrected chi connectivity index (χ4v) is 4.79. The molecule has 0 aliphatic rings. The summed E-state index contributed by atoms with van der Waals surface area (Å²) in [6.07, 6.45) is 17.0. The van der Waals surface area contributed by atoms with E-state index < -0.39 is 5.97 Å². The van der Waals surface area contributed by atoms with E-state index in [1.54, 1.807) is 0 Å². The summed E-state index contributed by atoms with van der Waals surface area (Å²) in [5.41, 5.74) is 3.00. The second-order valence-electron chi connectivity index (χ2n) is 11.0. The van der Waals surface area contributed by atoms with Crippen LogP contribution in [0.5, 0.6) is 5.75 Å². The maximum absolute atomic E-state index is 12.0. The van der Waals surface area contributed by atoms with Crippen molar-refractivity contribution in [3.8, 4) is 5.75 Å². The van der Waals surface area contributed by atoms with E-state index in [0.717, 1.165) is 48.8 Å². The third-order valence-corrected chi connectivity index (χ3v) is 6.57. The Balaban J connectivity index is 2.54. The van der Waals surface area contributed by atoms with E-state index in [0.29, 0.717) is 24.0 Å². The summed E-state index contributed by atoms with van der Waals surface area (Å²) in [5.74, 6) is 0.283. The molecular formula is C30H52O3. The van der Waals surface area contributed by atoms with Gasteiger partial charge in [-0.1, -0.05) is 117 Å². The number of aromatic hydroxyl groups is 1. The number of carboxylic acid groups (broad SMARTS) is 1. The quantitative estimate of drug-likeness (QED) is 0.203. The van der Waals surface area contributed by atoms with Crippen LogP contribution in [0.3, 0.4) is 0 Å². The van der Waals surface area contributed by atoms with Crippen molar-refractivity contribution in [2.24, 2.45) is 17.8 Å². The van der Waals surface area contributed by atoms with Crippen LogP contribution in [-0.2, 0) is 24.1 Å². The molecule has 0 radical (unpaired) electrons. The number of unbranched alkanes of at least 4 members (excludes halogenated alkanes) is 10. The molecule has 0 fully saturated rings. The van der Waals surface area contributed by atoms with Crippen LogP contribution in [0.2, 0.25) is 0 Å². The molecule has 1 aromatic carbocycles. The van der Waals surface area contributed by atoms with Crippen LogP contribution >= 0.6 is 0 Å². The normalized spacial score (nSPS) is 12.6. The second-order valence-corrected chi connectivity index (χ2v) is 11.0. The third kappa shape index (κ3) is 13.1. The van der Waals surface area contributed by atoms with Crippen molar-refractivity contribution in [3.63, 3.8) is 0 Å². The lowest BCUT2D eigenvalue weighted by Crippen LogP contribution is -2.17. The minimum atomic E-state index is -0.689. The molecule has 0 aromatic heterocycles. The predicted molar refractivity (Wildman–Crippen MR) is 141 cm³/mol. The first kappa shape index (κ1) is 29.5. The van der Waals surface area contributed by atoms with Crippen molar-refractivity contribution >= 4 is 5.97 Å². The number of rotatable bonds is 19. The van der Waals surface area contributed by atoms with Gasteiger partial charge in [0.05, 0.1) is 5.92 Å². The van der Waals surface area contributed by atoms with E-state index in [4.69, 9.17) is 0 Å². The highest BCUT2D eigenvalue weighted by atomic mass is 16.4. The highest BCUT2D eigenvalue weighted by Gasteiger charge is 2.20. The van der Waals surface area contributed by atoms with Gasteiger partial charge in [-0.2, -0.15) is 0 Å². The lowest BCUT2D eigenvalue weighted by Gasteiger charge is -2.18. The lowest BCUT2D eigenvalue weighted by molar-refractivity contribution is -0.142. The molecule has 3 heteroatoms. The van der Waals surface area contributed by atoms with Gasteiger partial charge in [0, 0.05) is 0 Å². The summed E-state index contributed by atoms with van der Waals surface area (Å²) in [6, 6.07) is 4.10. The minimum absolute atomic E-state index is 0.341. The highest BCUT2D eigenvalue weighted by Crippen LogP contribution is 2.30. The zero-order valence-electron chi connectivity index (χ0n) is 22.3. The molecule has 2 N–H and O–H groups in total. The first-order valence-corrected chi connectivity index (χ1v) is 13.8. The van der Waals surface area contributed by atoms with Crippen LogP contribution in [0.4, 0.5) is 0 Å². The fraction of sp³-hybridized carbons (Fsp3) is 0.767. The van der Waals surface area contributed by atoms with E-state index in [2.05, 4.69) is 46.8 Å². The van der Waals surface area contributed by atoms with Crippen molar-refractivity contribution in [3.05, 3.63) is 28.8 Å². The number of carboxylic acids is 1. The fourth-order valence-electron chi connectivity index (χ4n) is 4.79. The Morgan fingerprint density at radius 2 is 1.15 bits per heavy atom. The van der Waals surface area contributed by atoms with Crippen LogP contribution in [0.25, 0.3) is 0 Å². The standard InChI is InChI=1S/C30H52O3/c1-6-7-8-9-10-11-12-13-14-15-16-17-26(30(32)33)20-25-21-27(18-23(2)3)29(31)28(22-25)19-24(4)5/h21-24,26,31H,6-20H2,1-5H3,(H,32,33). The van der Waals surface area contributed by atoms with Crippen LogP contribution in [0.15, 0.2) is 12.1 Å². The van der Waals surface area contributed by atoms with Gasteiger partial charge in [-0.05, 0) is 54.2 Å². The molecule has 3 nitrogen and oxygen atoms in total. The Kier molecular flexibility index (Phi) is 15.2. The summed E-state index contributed by atoms with van der Waals surface area (Å²) in [5, 5.41) is 20.6. The topological polar surface area (TPSA) is 57.5 Å². The number of benzene rings is 1. The molecule has 1 atom stereocenters. The van der Waals surface area contributed by atoms with Gasteiger partial charge < -0.3 is 10.2 Å². The predicted octanol–water partition coefficient (Wildman–Crippen LogP) is 8.73. The Morgan fingerprint density at radius 1 is 0.727 bits per heavy atom. The maximum Gasteiger partial charge on any atom is 0.306 e. The van der Waals surface area contributed by atoms with E-state index in [1.165, 1.54) is 57.8 Å². The van der Waals surface area contributed by atoms with Gasteiger partial charge in [-0.3, -0.25) is 4.79 Å². The van der Waals surface area contributed by atoms with Crippen molar-refractivity contribution in [2.45, 2.75) is 131 Å². The van der Waals surface area contributed by atoms with Gasteiger partial charge in [-0.25, -0.2) is 0 Å². The van der Waals surface area contributed by atoms with Crippen LogP contribution in [0, 0.1) is 17.8 Å². The van der Waals surface area contributed by atoms with E-state index in [-0.39, 0.29) is 5.92 Å². The van der Waals surface area contributed by atoms with Gasteiger partial charge in [0.25, 0.3) is 0 Å². The van der Waals surface area contributed by atoms with Crippen LogP contribution in [0.1, 0.15) is 128 Å². The van der Waals surface area contributed by atoms with Crippen molar-refractivity contribution in [1.82, 2.24) is 0 Å². The van der Waals surface area contributed by atoms with Gasteiger partial charge in [-0.15, -0.1) is 0 Å². The SMILES string of the molecule is CCCCCCCCCCCCCC(Cc1cc(CC(C)C)c(O)c(CC(C)C)c1)C(=O)O. The van der Waals surface area contributed by atoms with Crippen LogP contribution in [-0.4, -0.2) is 16.2 Å². The Bertz CT molecular complexity index is 632. The monoisotopic (exact) mass is 460 g/mol. The molecule has 33 heavy (non-hydrogen) atoms. The van der Waals surface area contributed by atoms with Crippen molar-refractivity contribution in [1.29, 1.82) is 0 Å². The first-order valence-electron chi connectivity index (χ1n) is 13.8. The molecule has 0 saturated heterocycles. The number of carbonyl (C=O) groups is 1. The van der Waals surface area contributed by atoms with Gasteiger partial charge in [0.2, 0.25) is 0 Å². The number of phenols is 1. The minimum Gasteiger partial charge on any atom is -0.507 e. The average molecular weight is 461 g/mol. The van der Waals surface area contributed by atoms with Gasteiger partial charge >= 0.3 is 5.97 Å². The van der Waals surface area contributed by atoms with E-state index >= 15 is 0 Å². The largest absolute Gasteiger partial charge is 0.507 e. The molecule has 0 saturated carbocycles. The lowest BCUT2D eigenvalue weighted by atomic mass is 9.88. The summed E-state index contributed by atoms with van der Waals surface area (Å²) in [7, 11) is 0. The van der Waals surface area contributed by atoms with Crippen molar-refractivity contribution < 1.29 is 15.0 Å². The van der Waals surface area contributed by atoms with Crippen LogP contribution < -0.4 is 0 Å². The second kappa shape index (κ2) is 17.0. The van der Waals surface area contributed by atoms with E-state index in [1.807, 2.05) is 0 Å². The van der Waals surface area contributed by atoms with Crippen molar-refractivity contribution in [2.75, 3.05) is 0 Å². The summed E-state index contributed by atoms with van der Waals surface area (Å²) in [6.45, 7) is 10.9. The molecule has 190 valence electrons. The van der Waals surface area contributed by atoms with Gasteiger partial charge in [0.1, 0.15) is 5.75 Å². The van der Waals surface area contributed by atoms with Gasteiger partial charge in [0.15, 0.2) is 0 Å². The average Bonchev–Trinajstić information content (AvgIpc) is 2.73. The van der Waals surface area contributed by atoms with E-state index in [9.17, 15) is 15.0 Å². The zero-order chi connectivity index (χ0) is 24.6. The first-order chi connectivity index (χ1) is 15.7. The molecule has 0 bridgehead atoms. The maximum atomic E-state index is 12.0. The highest BCUT2D eigenvalue weighted by molar-refractivity contribution is 5.70. The third-order valence-electron chi connectivity index (χ3n) is 6.57. The number of aliphatic carboxylic acids is 1. The Labute approximate surface area is 204 Å². The molecule has 1 rings (SSSR count). The molecule has 0 heterocycles. The molecule has 0 aliphatic heterocycles.